The summed E-state index contributed by atoms with van der Waals surface area (Å²) in [5.74, 6) is -1.09. The van der Waals surface area contributed by atoms with Gasteiger partial charge < -0.3 is 15.0 Å². The molecule has 0 saturated carbocycles. The Kier molecular flexibility index (Phi) is 10.2. The maximum atomic E-state index is 13.3. The normalized spacial score (nSPS) is 11.7. The Morgan fingerprint density at radius 2 is 1.56 bits per heavy atom. The number of nitrogens with one attached hydrogen (secondary N) is 3. The van der Waals surface area contributed by atoms with E-state index in [4.69, 9.17) is 9.57 Å². The monoisotopic (exact) mass is 577 g/mol. The van der Waals surface area contributed by atoms with Crippen molar-refractivity contribution in [3.63, 3.8) is 0 Å². The van der Waals surface area contributed by atoms with E-state index in [0.29, 0.717) is 38.0 Å². The SMILES string of the molecule is O=C(CCCCCNC(=O)C(Cc1c[nH]c2ccccc12)OC(=O)c1ccc2ccccc2c1)NOCc1ccccc1. The maximum Gasteiger partial charge on any atom is 0.338 e. The third kappa shape index (κ3) is 8.30. The molecule has 1 aromatic heterocycles. The molecule has 2 amide bonds. The van der Waals surface area contributed by atoms with E-state index in [0.717, 1.165) is 39.2 Å². The zero-order chi connectivity index (χ0) is 29.9. The summed E-state index contributed by atoms with van der Waals surface area (Å²) in [5.41, 5.74) is 5.68. The van der Waals surface area contributed by atoms with E-state index in [1.165, 1.54) is 0 Å². The van der Waals surface area contributed by atoms with Crippen molar-refractivity contribution in [2.24, 2.45) is 0 Å². The molecule has 5 aromatic rings. The van der Waals surface area contributed by atoms with Gasteiger partial charge in [-0.05, 0) is 52.9 Å². The van der Waals surface area contributed by atoms with Crippen LogP contribution >= 0.6 is 0 Å². The first kappa shape index (κ1) is 29.5. The molecule has 3 N–H and O–H groups in total. The maximum absolute atomic E-state index is 13.3. The standard InChI is InChI=1S/C35H35N3O5/c39-33(38-42-24-25-11-3-1-4-12-25)17-5-2-10-20-36-34(40)32(22-29-23-37-31-16-9-8-15-30(29)31)43-35(41)28-19-18-26-13-6-7-14-27(26)21-28/h1,3-4,6-9,11-16,18-19,21,23,32,37H,2,5,10,17,20,22,24H2,(H,36,40)(H,38,39). The van der Waals surface area contributed by atoms with E-state index < -0.39 is 12.1 Å². The van der Waals surface area contributed by atoms with Gasteiger partial charge in [-0.25, -0.2) is 10.3 Å². The number of ether oxygens (including phenoxy) is 1. The number of rotatable bonds is 14. The second-order valence-electron chi connectivity index (χ2n) is 10.4. The molecule has 1 atom stereocenters. The van der Waals surface area contributed by atoms with Gasteiger partial charge in [-0.15, -0.1) is 0 Å². The lowest BCUT2D eigenvalue weighted by Crippen LogP contribution is -2.39. The third-order valence-electron chi connectivity index (χ3n) is 7.25. The Morgan fingerprint density at radius 3 is 2.42 bits per heavy atom. The quantitative estimate of drug-likeness (QED) is 0.0850. The van der Waals surface area contributed by atoms with E-state index >= 15 is 0 Å². The van der Waals surface area contributed by atoms with E-state index in [9.17, 15) is 14.4 Å². The summed E-state index contributed by atoms with van der Waals surface area (Å²) in [5, 5.41) is 5.84. The van der Waals surface area contributed by atoms with Gasteiger partial charge in [-0.3, -0.25) is 14.4 Å². The highest BCUT2D eigenvalue weighted by atomic mass is 16.6. The number of hydrogen-bond acceptors (Lipinski definition) is 5. The van der Waals surface area contributed by atoms with Crippen LogP contribution in [-0.4, -0.2) is 35.4 Å². The molecule has 220 valence electrons. The number of carbonyl (C=O) groups excluding carboxylic acids is 3. The van der Waals surface area contributed by atoms with Gasteiger partial charge in [-0.2, -0.15) is 0 Å². The number of hydroxylamine groups is 1. The minimum absolute atomic E-state index is 0.181. The highest BCUT2D eigenvalue weighted by molar-refractivity contribution is 5.97. The Hall–Kier alpha value is -4.95. The van der Waals surface area contributed by atoms with Crippen molar-refractivity contribution in [1.29, 1.82) is 0 Å². The van der Waals surface area contributed by atoms with Crippen molar-refractivity contribution in [1.82, 2.24) is 15.8 Å². The average Bonchev–Trinajstić information content (AvgIpc) is 3.45. The largest absolute Gasteiger partial charge is 0.448 e. The average molecular weight is 578 g/mol. The first-order valence-corrected chi connectivity index (χ1v) is 14.5. The number of hydrogen-bond donors (Lipinski definition) is 3. The van der Waals surface area contributed by atoms with Crippen molar-refractivity contribution in [2.75, 3.05) is 6.54 Å². The Labute approximate surface area is 250 Å². The number of aromatic nitrogens is 1. The van der Waals surface area contributed by atoms with Crippen molar-refractivity contribution in [3.8, 4) is 0 Å². The molecule has 5 rings (SSSR count). The van der Waals surface area contributed by atoms with E-state index in [1.54, 1.807) is 12.1 Å². The number of H-pyrrole nitrogens is 1. The van der Waals surface area contributed by atoms with Gasteiger partial charge in [0.1, 0.15) is 0 Å². The van der Waals surface area contributed by atoms with Crippen molar-refractivity contribution >= 4 is 39.5 Å². The van der Waals surface area contributed by atoms with Gasteiger partial charge in [0.25, 0.3) is 5.91 Å². The molecule has 43 heavy (non-hydrogen) atoms. The molecule has 1 heterocycles. The van der Waals surface area contributed by atoms with Crippen molar-refractivity contribution in [3.05, 3.63) is 120 Å². The van der Waals surface area contributed by atoms with Crippen LogP contribution in [0.4, 0.5) is 0 Å². The van der Waals surface area contributed by atoms with E-state index in [-0.39, 0.29) is 18.2 Å². The first-order chi connectivity index (χ1) is 21.1. The van der Waals surface area contributed by atoms with Gasteiger partial charge >= 0.3 is 5.97 Å². The molecule has 0 aliphatic rings. The molecular formula is C35H35N3O5. The Bertz CT molecular complexity index is 1680. The van der Waals surface area contributed by atoms with Crippen LogP contribution in [0.15, 0.2) is 103 Å². The summed E-state index contributed by atoms with van der Waals surface area (Å²) in [6, 6.07) is 30.6. The lowest BCUT2D eigenvalue weighted by Gasteiger charge is -2.18. The minimum Gasteiger partial charge on any atom is -0.448 e. The van der Waals surface area contributed by atoms with E-state index in [1.807, 2.05) is 91.1 Å². The molecule has 8 nitrogen and oxygen atoms in total. The molecule has 8 heteroatoms. The first-order valence-electron chi connectivity index (χ1n) is 14.5. The number of unbranched alkanes of at least 4 members (excludes halogenated alkanes) is 2. The predicted octanol–water partition coefficient (Wildman–Crippen LogP) is 6.01. The summed E-state index contributed by atoms with van der Waals surface area (Å²) in [4.78, 5) is 47.0. The third-order valence-corrected chi connectivity index (χ3v) is 7.25. The fourth-order valence-corrected chi connectivity index (χ4v) is 4.94. The molecular weight excluding hydrogens is 542 g/mol. The Balaban J connectivity index is 1.12. The number of amides is 2. The van der Waals surface area contributed by atoms with Crippen LogP contribution in [0.2, 0.25) is 0 Å². The molecule has 1 unspecified atom stereocenters. The summed E-state index contributed by atoms with van der Waals surface area (Å²) >= 11 is 0. The van der Waals surface area contributed by atoms with Crippen LogP contribution in [0.1, 0.15) is 47.2 Å². The van der Waals surface area contributed by atoms with E-state index in [2.05, 4.69) is 15.8 Å². The van der Waals surface area contributed by atoms with Crippen molar-refractivity contribution < 1.29 is 24.0 Å². The zero-order valence-corrected chi connectivity index (χ0v) is 23.9. The molecule has 0 spiro atoms. The molecule has 0 aliphatic heterocycles. The number of para-hydroxylation sites is 1. The fourth-order valence-electron chi connectivity index (χ4n) is 4.94. The summed E-state index contributed by atoms with van der Waals surface area (Å²) in [6.45, 7) is 0.715. The fraction of sp³-hybridized carbons (Fsp3) is 0.229. The topological polar surface area (TPSA) is 110 Å². The highest BCUT2D eigenvalue weighted by Gasteiger charge is 2.25. The van der Waals surface area contributed by atoms with Crippen LogP contribution in [0.5, 0.6) is 0 Å². The van der Waals surface area contributed by atoms with Crippen LogP contribution in [-0.2, 0) is 32.2 Å². The molecule has 4 aromatic carbocycles. The number of carbonyl (C=O) groups is 3. The summed E-state index contributed by atoms with van der Waals surface area (Å²) in [6.07, 6.45) is 3.49. The molecule has 0 bridgehead atoms. The van der Waals surface area contributed by atoms with Crippen LogP contribution in [0.25, 0.3) is 21.7 Å². The Morgan fingerprint density at radius 1 is 0.791 bits per heavy atom. The van der Waals surface area contributed by atoms with Gasteiger partial charge in [0.05, 0.1) is 12.2 Å². The number of esters is 1. The van der Waals surface area contributed by atoms with Gasteiger partial charge in [0, 0.05) is 36.5 Å². The van der Waals surface area contributed by atoms with Crippen molar-refractivity contribution in [2.45, 2.75) is 44.8 Å². The van der Waals surface area contributed by atoms with Crippen LogP contribution in [0.3, 0.4) is 0 Å². The molecule has 0 radical (unpaired) electrons. The lowest BCUT2D eigenvalue weighted by atomic mass is 10.1. The number of benzene rings is 4. The molecule has 0 fully saturated rings. The molecule has 0 aliphatic carbocycles. The second-order valence-corrected chi connectivity index (χ2v) is 10.4. The zero-order valence-electron chi connectivity index (χ0n) is 23.9. The number of fused-ring (bicyclic) bond motifs is 2. The smallest absolute Gasteiger partial charge is 0.338 e. The van der Waals surface area contributed by atoms with Crippen LogP contribution < -0.4 is 10.8 Å². The number of aromatic amines is 1. The predicted molar refractivity (Wildman–Crippen MR) is 166 cm³/mol. The lowest BCUT2D eigenvalue weighted by molar-refractivity contribution is -0.134. The van der Waals surface area contributed by atoms with Gasteiger partial charge in [-0.1, -0.05) is 85.3 Å². The van der Waals surface area contributed by atoms with Crippen LogP contribution in [0, 0.1) is 0 Å². The molecule has 0 saturated heterocycles. The second kappa shape index (κ2) is 14.8. The minimum atomic E-state index is -1.01. The van der Waals surface area contributed by atoms with Gasteiger partial charge in [0.2, 0.25) is 5.91 Å². The summed E-state index contributed by atoms with van der Waals surface area (Å²) < 4.78 is 5.82. The summed E-state index contributed by atoms with van der Waals surface area (Å²) in [7, 11) is 0. The van der Waals surface area contributed by atoms with Gasteiger partial charge in [0.15, 0.2) is 6.10 Å². The highest BCUT2D eigenvalue weighted by Crippen LogP contribution is 2.22.